The average Bonchev–Trinajstić information content (AvgIpc) is 2.58. The van der Waals surface area contributed by atoms with Crippen molar-refractivity contribution in [1.29, 1.82) is 0 Å². The number of nitrogens with one attached hydrogen (secondary N) is 2. The van der Waals surface area contributed by atoms with E-state index in [4.69, 9.17) is 0 Å². The summed E-state index contributed by atoms with van der Waals surface area (Å²) in [7, 11) is 0. The Bertz CT molecular complexity index is 430. The second kappa shape index (κ2) is 9.46. The van der Waals surface area contributed by atoms with Gasteiger partial charge >= 0.3 is 6.03 Å². The van der Waals surface area contributed by atoms with E-state index in [1.165, 1.54) is 24.8 Å². The van der Waals surface area contributed by atoms with E-state index >= 15 is 0 Å². The van der Waals surface area contributed by atoms with Gasteiger partial charge in [-0.1, -0.05) is 49.6 Å². The van der Waals surface area contributed by atoms with Gasteiger partial charge in [-0.15, -0.1) is 0 Å². The van der Waals surface area contributed by atoms with Crippen molar-refractivity contribution in [2.45, 2.75) is 51.0 Å². The van der Waals surface area contributed by atoms with E-state index in [0.29, 0.717) is 19.0 Å². The number of amides is 2. The van der Waals surface area contributed by atoms with E-state index in [2.05, 4.69) is 22.8 Å². The molecule has 0 bridgehead atoms. The van der Waals surface area contributed by atoms with E-state index < -0.39 is 6.10 Å². The molecule has 0 aromatic heterocycles. The van der Waals surface area contributed by atoms with Gasteiger partial charge < -0.3 is 15.7 Å². The lowest BCUT2D eigenvalue weighted by molar-refractivity contribution is 0.0858. The number of hydrogen-bond donors (Lipinski definition) is 3. The lowest BCUT2D eigenvalue weighted by atomic mass is 9.85. The van der Waals surface area contributed by atoms with Crippen LogP contribution < -0.4 is 10.6 Å². The Labute approximate surface area is 133 Å². The van der Waals surface area contributed by atoms with Crippen LogP contribution in [-0.4, -0.2) is 30.3 Å². The predicted octanol–water partition coefficient (Wildman–Crippen LogP) is 2.86. The molecule has 1 atom stereocenters. The Morgan fingerprint density at radius 1 is 1.14 bits per heavy atom. The van der Waals surface area contributed by atoms with E-state index in [-0.39, 0.29) is 6.03 Å². The maximum Gasteiger partial charge on any atom is 0.314 e. The number of aryl methyl sites for hydroxylation is 1. The molecule has 2 amide bonds. The minimum atomic E-state index is -0.407. The van der Waals surface area contributed by atoms with Crippen molar-refractivity contribution in [3.8, 4) is 0 Å². The molecular weight excluding hydrogens is 276 g/mol. The summed E-state index contributed by atoms with van der Waals surface area (Å²) in [5, 5.41) is 15.7. The molecule has 1 saturated carbocycles. The van der Waals surface area contributed by atoms with Crippen molar-refractivity contribution in [3.05, 3.63) is 35.9 Å². The molecule has 0 radical (unpaired) electrons. The smallest absolute Gasteiger partial charge is 0.314 e. The Balaban J connectivity index is 1.54. The monoisotopic (exact) mass is 304 g/mol. The molecule has 1 aliphatic rings. The van der Waals surface area contributed by atoms with Crippen molar-refractivity contribution in [2.24, 2.45) is 5.92 Å². The molecule has 122 valence electrons. The van der Waals surface area contributed by atoms with Crippen molar-refractivity contribution in [3.63, 3.8) is 0 Å². The normalized spacial score (nSPS) is 17.0. The molecule has 22 heavy (non-hydrogen) atoms. The molecule has 0 saturated heterocycles. The summed E-state index contributed by atoms with van der Waals surface area (Å²) in [5.41, 5.74) is 1.29. The van der Waals surface area contributed by atoms with Crippen LogP contribution in [0.5, 0.6) is 0 Å². The van der Waals surface area contributed by atoms with Gasteiger partial charge in [-0.05, 0) is 37.2 Å². The number of aliphatic hydroxyl groups excluding tert-OH is 1. The van der Waals surface area contributed by atoms with Crippen LogP contribution in [0.2, 0.25) is 0 Å². The highest BCUT2D eigenvalue weighted by atomic mass is 16.3. The number of aliphatic hydroxyl groups is 1. The van der Waals surface area contributed by atoms with Gasteiger partial charge in [0.15, 0.2) is 0 Å². The summed E-state index contributed by atoms with van der Waals surface area (Å²) in [5.74, 6) is 0.354. The Hall–Kier alpha value is -1.55. The molecule has 1 aromatic carbocycles. The van der Waals surface area contributed by atoms with Crippen LogP contribution >= 0.6 is 0 Å². The van der Waals surface area contributed by atoms with Gasteiger partial charge in [-0.2, -0.15) is 0 Å². The van der Waals surface area contributed by atoms with E-state index in [1.807, 2.05) is 18.2 Å². The van der Waals surface area contributed by atoms with Crippen molar-refractivity contribution >= 4 is 6.03 Å². The molecule has 2 rings (SSSR count). The number of rotatable bonds is 7. The van der Waals surface area contributed by atoms with E-state index in [9.17, 15) is 9.90 Å². The summed E-state index contributed by atoms with van der Waals surface area (Å²) < 4.78 is 0. The van der Waals surface area contributed by atoms with E-state index in [1.54, 1.807) is 0 Å². The summed E-state index contributed by atoms with van der Waals surface area (Å²) in [4.78, 5) is 11.7. The third-order valence-electron chi connectivity index (χ3n) is 4.44. The minimum absolute atomic E-state index is 0.178. The second-order valence-corrected chi connectivity index (χ2v) is 6.19. The lowest BCUT2D eigenvalue weighted by Gasteiger charge is -2.26. The fourth-order valence-electron chi connectivity index (χ4n) is 3.08. The molecule has 1 aliphatic carbocycles. The molecule has 0 unspecified atom stereocenters. The summed E-state index contributed by atoms with van der Waals surface area (Å²) in [6.07, 6.45) is 7.33. The third kappa shape index (κ3) is 6.06. The highest BCUT2D eigenvalue weighted by molar-refractivity contribution is 5.73. The fourth-order valence-corrected chi connectivity index (χ4v) is 3.08. The number of hydrogen-bond acceptors (Lipinski definition) is 2. The molecule has 0 heterocycles. The van der Waals surface area contributed by atoms with Crippen molar-refractivity contribution < 1.29 is 9.90 Å². The zero-order valence-corrected chi connectivity index (χ0v) is 13.3. The first-order valence-corrected chi connectivity index (χ1v) is 8.49. The second-order valence-electron chi connectivity index (χ2n) is 6.19. The van der Waals surface area contributed by atoms with Crippen LogP contribution in [0.4, 0.5) is 4.79 Å². The van der Waals surface area contributed by atoms with Gasteiger partial charge in [-0.3, -0.25) is 0 Å². The van der Waals surface area contributed by atoms with Crippen LogP contribution in [0.15, 0.2) is 30.3 Å². The average molecular weight is 304 g/mol. The van der Waals surface area contributed by atoms with Crippen LogP contribution in [0.1, 0.15) is 44.1 Å². The quantitative estimate of drug-likeness (QED) is 0.678. The molecule has 0 aliphatic heterocycles. The van der Waals surface area contributed by atoms with Gasteiger partial charge in [0.05, 0.1) is 6.10 Å². The Morgan fingerprint density at radius 3 is 2.59 bits per heavy atom. The lowest BCUT2D eigenvalue weighted by Crippen LogP contribution is -2.42. The van der Waals surface area contributed by atoms with Crippen molar-refractivity contribution in [1.82, 2.24) is 10.6 Å². The molecule has 4 nitrogen and oxygen atoms in total. The van der Waals surface area contributed by atoms with Crippen LogP contribution in [0.25, 0.3) is 0 Å². The number of benzene rings is 1. The van der Waals surface area contributed by atoms with Crippen LogP contribution in [0.3, 0.4) is 0 Å². The number of carbonyl (C=O) groups excluding carboxylic acids is 1. The van der Waals surface area contributed by atoms with Gasteiger partial charge in [0.25, 0.3) is 0 Å². The number of urea groups is 1. The first-order valence-electron chi connectivity index (χ1n) is 8.49. The van der Waals surface area contributed by atoms with Crippen molar-refractivity contribution in [2.75, 3.05) is 13.1 Å². The first kappa shape index (κ1) is 16.8. The topological polar surface area (TPSA) is 61.4 Å². The van der Waals surface area contributed by atoms with Gasteiger partial charge in [-0.25, -0.2) is 4.79 Å². The molecule has 0 spiro atoms. The van der Waals surface area contributed by atoms with Crippen LogP contribution in [0, 0.1) is 5.92 Å². The van der Waals surface area contributed by atoms with Gasteiger partial charge in [0, 0.05) is 13.1 Å². The SMILES string of the molecule is O=C(NCCCc1ccccc1)NC[C@H](O)C1CCCCC1. The molecule has 1 fully saturated rings. The minimum Gasteiger partial charge on any atom is -0.391 e. The first-order chi connectivity index (χ1) is 10.8. The largest absolute Gasteiger partial charge is 0.391 e. The van der Waals surface area contributed by atoms with Gasteiger partial charge in [0.2, 0.25) is 0 Å². The van der Waals surface area contributed by atoms with Gasteiger partial charge in [0.1, 0.15) is 0 Å². The Morgan fingerprint density at radius 2 is 1.86 bits per heavy atom. The predicted molar refractivity (Wildman–Crippen MR) is 88.7 cm³/mol. The highest BCUT2D eigenvalue weighted by Crippen LogP contribution is 2.26. The molecule has 1 aromatic rings. The summed E-state index contributed by atoms with van der Waals surface area (Å²) in [6.45, 7) is 1.01. The van der Waals surface area contributed by atoms with E-state index in [0.717, 1.165) is 25.7 Å². The maximum atomic E-state index is 11.7. The zero-order chi connectivity index (χ0) is 15.6. The molecule has 4 heteroatoms. The Kier molecular flexibility index (Phi) is 7.23. The number of carbonyl (C=O) groups is 1. The zero-order valence-electron chi connectivity index (χ0n) is 13.3. The highest BCUT2D eigenvalue weighted by Gasteiger charge is 2.21. The summed E-state index contributed by atoms with van der Waals surface area (Å²) >= 11 is 0. The molecule has 3 N–H and O–H groups in total. The molecular formula is C18H28N2O2. The fraction of sp³-hybridized carbons (Fsp3) is 0.611. The van der Waals surface area contributed by atoms with Crippen LogP contribution in [-0.2, 0) is 6.42 Å². The summed E-state index contributed by atoms with van der Waals surface area (Å²) in [6, 6.07) is 10.1. The third-order valence-corrected chi connectivity index (χ3v) is 4.44. The maximum absolute atomic E-state index is 11.7. The standard InChI is InChI=1S/C18H28N2O2/c21-17(16-11-5-2-6-12-16)14-20-18(22)19-13-7-10-15-8-3-1-4-9-15/h1,3-4,8-9,16-17,21H,2,5-7,10-14H2,(H2,19,20,22)/t17-/m0/s1.